The molecule has 0 heterocycles. The van der Waals surface area contributed by atoms with E-state index in [2.05, 4.69) is 31.7 Å². The van der Waals surface area contributed by atoms with Crippen LogP contribution in [0.4, 0.5) is 0 Å². The summed E-state index contributed by atoms with van der Waals surface area (Å²) in [5.41, 5.74) is 1.41. The smallest absolute Gasteiger partial charge is 0.0813 e. The summed E-state index contributed by atoms with van der Waals surface area (Å²) < 4.78 is 0. The molecule has 0 unspecified atom stereocenters. The summed E-state index contributed by atoms with van der Waals surface area (Å²) in [6.07, 6.45) is 6.66. The number of rotatable bonds is 3. The van der Waals surface area contributed by atoms with Crippen LogP contribution in [0.15, 0.2) is 23.9 Å². The average Bonchev–Trinajstić information content (AvgIpc) is 1.97. The van der Waals surface area contributed by atoms with E-state index in [9.17, 15) is 0 Å². The summed E-state index contributed by atoms with van der Waals surface area (Å²) in [6, 6.07) is 0. The van der Waals surface area contributed by atoms with Crippen LogP contribution in [0.25, 0.3) is 4.85 Å². The quantitative estimate of drug-likeness (QED) is 0.543. The predicted octanol–water partition coefficient (Wildman–Crippen LogP) is 3.46. The first-order valence-electron chi connectivity index (χ1n) is 3.90. The van der Waals surface area contributed by atoms with Gasteiger partial charge in [0.1, 0.15) is 0 Å². The summed E-state index contributed by atoms with van der Waals surface area (Å²) in [5.74, 6) is 0.637. The van der Waals surface area contributed by atoms with E-state index in [-0.39, 0.29) is 0 Å². The predicted molar refractivity (Wildman–Crippen MR) is 50.7 cm³/mol. The molecule has 0 atom stereocenters. The van der Waals surface area contributed by atoms with Crippen molar-refractivity contribution in [1.29, 1.82) is 0 Å². The lowest BCUT2D eigenvalue weighted by molar-refractivity contribution is 0.765. The zero-order valence-corrected chi connectivity index (χ0v) is 7.54. The van der Waals surface area contributed by atoms with Crippen molar-refractivity contribution in [2.24, 2.45) is 5.92 Å². The molecule has 0 saturated heterocycles. The van der Waals surface area contributed by atoms with E-state index in [4.69, 9.17) is 6.57 Å². The number of nitrogens with zero attached hydrogens (tertiary/aromatic N) is 1. The highest BCUT2D eigenvalue weighted by Crippen LogP contribution is 2.08. The van der Waals surface area contributed by atoms with Gasteiger partial charge in [-0.05, 0) is 24.1 Å². The minimum absolute atomic E-state index is 0.637. The Morgan fingerprint density at radius 3 is 2.64 bits per heavy atom. The summed E-state index contributed by atoms with van der Waals surface area (Å²) in [4.78, 5) is 3.37. The second kappa shape index (κ2) is 5.73. The van der Waals surface area contributed by atoms with Crippen LogP contribution in [0, 0.1) is 12.5 Å². The van der Waals surface area contributed by atoms with Gasteiger partial charge in [0.15, 0.2) is 0 Å². The molecule has 0 N–H and O–H groups in total. The molecule has 0 aromatic heterocycles. The second-order valence-electron chi connectivity index (χ2n) is 2.87. The average molecular weight is 150 g/mol. The van der Waals surface area contributed by atoms with Crippen LogP contribution in [0.2, 0.25) is 0 Å². The number of allylic oxidation sites excluding steroid dienone is 3. The molecule has 0 rings (SSSR count). The molecule has 0 amide bonds. The molecule has 1 nitrogen and oxygen atoms in total. The third-order valence-corrected chi connectivity index (χ3v) is 1.68. The van der Waals surface area contributed by atoms with Crippen molar-refractivity contribution in [3.8, 4) is 6.57 Å². The van der Waals surface area contributed by atoms with Crippen LogP contribution in [0.3, 0.4) is 0 Å². The first kappa shape index (κ1) is 9.97. The Bertz CT molecular complexity index is 191. The van der Waals surface area contributed by atoms with Crippen molar-refractivity contribution in [2.75, 3.05) is 0 Å². The lowest BCUT2D eigenvalue weighted by Gasteiger charge is -2.02. The van der Waals surface area contributed by atoms with Crippen molar-refractivity contribution >= 4 is 0 Å². The summed E-state index contributed by atoms with van der Waals surface area (Å²) in [5, 5.41) is 0. The van der Waals surface area contributed by atoms with E-state index in [0.717, 1.165) is 6.42 Å². The molecule has 11 heavy (non-hydrogen) atoms. The Morgan fingerprint density at radius 1 is 1.55 bits per heavy atom. The van der Waals surface area contributed by atoms with Crippen molar-refractivity contribution < 1.29 is 0 Å². The van der Waals surface area contributed by atoms with Gasteiger partial charge in [-0.15, -0.1) is 0 Å². The van der Waals surface area contributed by atoms with E-state index < -0.39 is 0 Å². The van der Waals surface area contributed by atoms with E-state index >= 15 is 0 Å². The zero-order chi connectivity index (χ0) is 8.69. The van der Waals surface area contributed by atoms with E-state index in [0.29, 0.717) is 5.92 Å². The van der Waals surface area contributed by atoms with Gasteiger partial charge in [-0.3, -0.25) is 0 Å². The second-order valence-corrected chi connectivity index (χ2v) is 2.87. The number of hydrogen-bond donors (Lipinski definition) is 0. The molecule has 0 bridgehead atoms. The Kier molecular flexibility index (Phi) is 5.20. The molecule has 60 valence electrons. The molecule has 0 aliphatic rings. The Hall–Kier alpha value is -1.03. The molecule has 0 aromatic rings. The lowest BCUT2D eigenvalue weighted by atomic mass is 10.0. The van der Waals surface area contributed by atoms with Crippen LogP contribution in [-0.4, -0.2) is 0 Å². The summed E-state index contributed by atoms with van der Waals surface area (Å²) in [6.45, 7) is 11.4. The van der Waals surface area contributed by atoms with Gasteiger partial charge in [0.05, 0.1) is 0 Å². The maximum Gasteiger partial charge on any atom is 0.301 e. The molecular weight excluding hydrogens is 134 g/mol. The molecule has 0 aliphatic heterocycles. The first-order chi connectivity index (χ1) is 5.18. The molecule has 0 radical (unpaired) electrons. The standard InChI is InChI=1S/C10H16N/c1-9(2)10(3)7-5-6-8-11-4/h4,6-9H,5H2,1-3H3/q+1. The molecule has 0 saturated carbocycles. The highest BCUT2D eigenvalue weighted by Gasteiger charge is 1.93. The molecule has 1 heteroatoms. The van der Waals surface area contributed by atoms with Crippen molar-refractivity contribution in [2.45, 2.75) is 27.2 Å². The molecule has 0 fully saturated rings. The normalized spacial score (nSPS) is 12.5. The maximum absolute atomic E-state index is 4.92. The fourth-order valence-electron chi connectivity index (χ4n) is 0.611. The van der Waals surface area contributed by atoms with Crippen LogP contribution in [0.1, 0.15) is 27.2 Å². The molecule has 0 aromatic carbocycles. The van der Waals surface area contributed by atoms with E-state index in [1.165, 1.54) is 5.57 Å². The highest BCUT2D eigenvalue weighted by atomic mass is 14.6. The van der Waals surface area contributed by atoms with Gasteiger partial charge in [-0.2, -0.15) is 0 Å². The fourth-order valence-corrected chi connectivity index (χ4v) is 0.611. The molecular formula is C10H16N+. The van der Waals surface area contributed by atoms with Crippen molar-refractivity contribution in [1.82, 2.24) is 0 Å². The minimum Gasteiger partial charge on any atom is -0.0813 e. The number of hydrogen-bond acceptors (Lipinski definition) is 0. The SMILES string of the molecule is C#[N+]C=CCC=C(C)C(C)C. The minimum atomic E-state index is 0.637. The maximum atomic E-state index is 4.92. The van der Waals surface area contributed by atoms with Gasteiger partial charge in [0.25, 0.3) is 6.57 Å². The third kappa shape index (κ3) is 5.42. The topological polar surface area (TPSA) is 4.36 Å². The third-order valence-electron chi connectivity index (χ3n) is 1.68. The first-order valence-corrected chi connectivity index (χ1v) is 3.90. The highest BCUT2D eigenvalue weighted by molar-refractivity contribution is 5.05. The van der Waals surface area contributed by atoms with Gasteiger partial charge in [0.2, 0.25) is 0 Å². The van der Waals surface area contributed by atoms with Gasteiger partial charge in [-0.1, -0.05) is 25.5 Å². The van der Waals surface area contributed by atoms with Gasteiger partial charge in [-0.25, -0.2) is 0 Å². The summed E-state index contributed by atoms with van der Waals surface area (Å²) in [7, 11) is 0. The Labute approximate surface area is 69.2 Å². The lowest BCUT2D eigenvalue weighted by Crippen LogP contribution is -1.87. The van der Waals surface area contributed by atoms with Gasteiger partial charge >= 0.3 is 6.20 Å². The monoisotopic (exact) mass is 150 g/mol. The van der Waals surface area contributed by atoms with Crippen molar-refractivity contribution in [3.05, 3.63) is 28.8 Å². The van der Waals surface area contributed by atoms with E-state index in [1.54, 1.807) is 6.20 Å². The Balaban J connectivity index is 3.76. The fraction of sp³-hybridized carbons (Fsp3) is 0.500. The van der Waals surface area contributed by atoms with Crippen LogP contribution in [0.5, 0.6) is 0 Å². The molecule has 0 spiro atoms. The van der Waals surface area contributed by atoms with Gasteiger partial charge < -0.3 is 0 Å². The van der Waals surface area contributed by atoms with Crippen LogP contribution >= 0.6 is 0 Å². The van der Waals surface area contributed by atoms with Gasteiger partial charge in [0, 0.05) is 6.08 Å². The molecule has 0 aliphatic carbocycles. The van der Waals surface area contributed by atoms with E-state index in [1.807, 2.05) is 6.08 Å². The van der Waals surface area contributed by atoms with Crippen LogP contribution < -0.4 is 0 Å². The van der Waals surface area contributed by atoms with Crippen LogP contribution in [-0.2, 0) is 0 Å². The van der Waals surface area contributed by atoms with Crippen molar-refractivity contribution in [3.63, 3.8) is 0 Å². The zero-order valence-electron chi connectivity index (χ0n) is 7.54. The largest absolute Gasteiger partial charge is 0.301 e. The Morgan fingerprint density at radius 2 is 2.18 bits per heavy atom. The summed E-state index contributed by atoms with van der Waals surface area (Å²) >= 11 is 0.